The lowest BCUT2D eigenvalue weighted by atomic mass is 10.1. The van der Waals surface area contributed by atoms with E-state index in [-0.39, 0.29) is 11.6 Å². The van der Waals surface area contributed by atoms with E-state index in [2.05, 4.69) is 10.00 Å². The third-order valence-electron chi connectivity index (χ3n) is 5.64. The normalized spacial score (nSPS) is 17.4. The van der Waals surface area contributed by atoms with E-state index in [1.807, 2.05) is 27.7 Å². The Kier molecular flexibility index (Phi) is 5.47. The van der Waals surface area contributed by atoms with Gasteiger partial charge in [-0.1, -0.05) is 6.07 Å². The van der Waals surface area contributed by atoms with E-state index >= 15 is 0 Å². The van der Waals surface area contributed by atoms with Crippen molar-refractivity contribution in [2.45, 2.75) is 32.4 Å². The number of piperazine rings is 1. The van der Waals surface area contributed by atoms with Crippen molar-refractivity contribution in [2.24, 2.45) is 0 Å². The molecule has 0 radical (unpaired) electrons. The number of carbonyl (C=O) groups is 1. The topological polar surface area (TPSA) is 72.6 Å². The number of aromatic nitrogens is 3. The third-order valence-corrected chi connectivity index (χ3v) is 5.64. The quantitative estimate of drug-likeness (QED) is 0.763. The Morgan fingerprint density at radius 1 is 1.11 bits per heavy atom. The Morgan fingerprint density at radius 3 is 2.68 bits per heavy atom. The fourth-order valence-electron chi connectivity index (χ4n) is 3.94. The Morgan fingerprint density at radius 2 is 1.93 bits per heavy atom. The van der Waals surface area contributed by atoms with E-state index in [0.29, 0.717) is 30.9 Å². The number of benzene rings is 1. The number of amides is 1. The molecule has 0 unspecified atom stereocenters. The van der Waals surface area contributed by atoms with Gasteiger partial charge in [-0.25, -0.2) is 9.48 Å². The molecule has 2 aromatic rings. The third kappa shape index (κ3) is 3.82. The zero-order valence-electron chi connectivity index (χ0n) is 16.3. The molecule has 0 bridgehead atoms. The first-order chi connectivity index (χ1) is 13.7. The van der Waals surface area contributed by atoms with Crippen LogP contribution in [0.15, 0.2) is 29.1 Å². The van der Waals surface area contributed by atoms with E-state index in [1.54, 1.807) is 17.9 Å². The molecule has 1 aromatic heterocycles. The van der Waals surface area contributed by atoms with Crippen LogP contribution in [0.4, 0.5) is 0 Å². The van der Waals surface area contributed by atoms with Gasteiger partial charge in [-0.2, -0.15) is 5.10 Å². The second-order valence-electron chi connectivity index (χ2n) is 7.40. The van der Waals surface area contributed by atoms with Gasteiger partial charge in [0.05, 0.1) is 13.7 Å². The number of methoxy groups -OCH3 is 1. The van der Waals surface area contributed by atoms with Gasteiger partial charge in [-0.05, 0) is 31.0 Å². The van der Waals surface area contributed by atoms with Crippen LogP contribution < -0.4 is 10.4 Å². The summed E-state index contributed by atoms with van der Waals surface area (Å²) in [5.74, 6) is 1.65. The summed E-state index contributed by atoms with van der Waals surface area (Å²) in [6.45, 7) is 5.14. The minimum atomic E-state index is 0.0153. The number of fused-ring (bicyclic) bond motifs is 1. The van der Waals surface area contributed by atoms with Gasteiger partial charge in [-0.3, -0.25) is 14.3 Å². The number of ether oxygens (including phenoxy) is 1. The van der Waals surface area contributed by atoms with Crippen LogP contribution in [0.3, 0.4) is 0 Å². The molecule has 2 aliphatic rings. The molecule has 8 nitrogen and oxygen atoms in total. The zero-order valence-corrected chi connectivity index (χ0v) is 16.3. The number of hydrogen-bond acceptors (Lipinski definition) is 5. The highest BCUT2D eigenvalue weighted by Crippen LogP contribution is 2.15. The maximum absolute atomic E-state index is 12.7. The molecule has 2 aliphatic heterocycles. The summed E-state index contributed by atoms with van der Waals surface area (Å²) in [6, 6.07) is 7.28. The zero-order chi connectivity index (χ0) is 19.5. The van der Waals surface area contributed by atoms with Crippen molar-refractivity contribution in [3.05, 3.63) is 46.1 Å². The van der Waals surface area contributed by atoms with Gasteiger partial charge in [0.2, 0.25) is 0 Å². The fourth-order valence-corrected chi connectivity index (χ4v) is 3.94. The lowest BCUT2D eigenvalue weighted by Gasteiger charge is -2.34. The molecule has 0 N–H and O–H groups in total. The van der Waals surface area contributed by atoms with Crippen molar-refractivity contribution in [2.75, 3.05) is 39.8 Å². The number of aryl methyl sites for hydroxylation is 1. The molecule has 8 heteroatoms. The van der Waals surface area contributed by atoms with Crippen molar-refractivity contribution in [3.8, 4) is 5.75 Å². The summed E-state index contributed by atoms with van der Waals surface area (Å²) in [7, 11) is 1.60. The van der Waals surface area contributed by atoms with Gasteiger partial charge in [0.25, 0.3) is 5.91 Å². The number of hydrogen-bond donors (Lipinski definition) is 0. The molecule has 0 spiro atoms. The molecule has 4 rings (SSSR count). The van der Waals surface area contributed by atoms with Gasteiger partial charge in [0.15, 0.2) is 0 Å². The highest BCUT2D eigenvalue weighted by Gasteiger charge is 2.23. The second kappa shape index (κ2) is 8.18. The molecular formula is C20H27N5O3. The molecule has 1 amide bonds. The summed E-state index contributed by atoms with van der Waals surface area (Å²) < 4.78 is 8.63. The molecule has 1 saturated heterocycles. The first-order valence-corrected chi connectivity index (χ1v) is 9.98. The summed E-state index contributed by atoms with van der Waals surface area (Å²) in [5, 5.41) is 4.50. The average Bonchev–Trinajstić information content (AvgIpc) is 3.08. The summed E-state index contributed by atoms with van der Waals surface area (Å²) >= 11 is 0. The number of carbonyl (C=O) groups excluding carboxylic acids is 1. The minimum Gasteiger partial charge on any atom is -0.497 e. The van der Waals surface area contributed by atoms with Crippen molar-refractivity contribution in [1.82, 2.24) is 24.1 Å². The van der Waals surface area contributed by atoms with E-state index in [9.17, 15) is 9.59 Å². The van der Waals surface area contributed by atoms with Crippen LogP contribution in [-0.2, 0) is 19.5 Å². The summed E-state index contributed by atoms with van der Waals surface area (Å²) in [4.78, 5) is 29.3. The van der Waals surface area contributed by atoms with Gasteiger partial charge >= 0.3 is 5.69 Å². The first kappa shape index (κ1) is 18.7. The Hall–Kier alpha value is -2.61. The second-order valence-corrected chi connectivity index (χ2v) is 7.40. The lowest BCUT2D eigenvalue weighted by Crippen LogP contribution is -2.49. The smallest absolute Gasteiger partial charge is 0.345 e. The maximum Gasteiger partial charge on any atom is 0.345 e. The van der Waals surface area contributed by atoms with E-state index in [4.69, 9.17) is 4.74 Å². The van der Waals surface area contributed by atoms with Gasteiger partial charge in [0, 0.05) is 51.3 Å². The van der Waals surface area contributed by atoms with E-state index in [0.717, 1.165) is 51.3 Å². The number of nitrogens with zero attached hydrogens (tertiary/aromatic N) is 5. The Bertz CT molecular complexity index is 895. The molecular weight excluding hydrogens is 358 g/mol. The highest BCUT2D eigenvalue weighted by atomic mass is 16.5. The molecule has 0 saturated carbocycles. The molecule has 28 heavy (non-hydrogen) atoms. The van der Waals surface area contributed by atoms with Gasteiger partial charge < -0.3 is 9.64 Å². The molecule has 0 atom stereocenters. The summed E-state index contributed by atoms with van der Waals surface area (Å²) in [6.07, 6.45) is 3.06. The Balaban J connectivity index is 1.30. The minimum absolute atomic E-state index is 0.0153. The van der Waals surface area contributed by atoms with Crippen molar-refractivity contribution in [1.29, 1.82) is 0 Å². The van der Waals surface area contributed by atoms with Gasteiger partial charge in [-0.15, -0.1) is 0 Å². The summed E-state index contributed by atoms with van der Waals surface area (Å²) in [5.41, 5.74) is 0.671. The van der Waals surface area contributed by atoms with Crippen LogP contribution in [0, 0.1) is 0 Å². The molecule has 1 fully saturated rings. The fraction of sp³-hybridized carbons (Fsp3) is 0.550. The van der Waals surface area contributed by atoms with E-state index in [1.165, 1.54) is 0 Å². The monoisotopic (exact) mass is 385 g/mol. The average molecular weight is 385 g/mol. The lowest BCUT2D eigenvalue weighted by molar-refractivity contribution is 0.0631. The largest absolute Gasteiger partial charge is 0.497 e. The van der Waals surface area contributed by atoms with Crippen LogP contribution >= 0.6 is 0 Å². The van der Waals surface area contributed by atoms with Crippen LogP contribution in [0.5, 0.6) is 5.75 Å². The van der Waals surface area contributed by atoms with E-state index < -0.39 is 0 Å². The van der Waals surface area contributed by atoms with Gasteiger partial charge in [0.1, 0.15) is 11.6 Å². The van der Waals surface area contributed by atoms with Crippen LogP contribution in [-0.4, -0.2) is 69.9 Å². The molecule has 3 heterocycles. The van der Waals surface area contributed by atoms with Crippen LogP contribution in [0.1, 0.15) is 29.0 Å². The molecule has 1 aromatic carbocycles. The van der Waals surface area contributed by atoms with Crippen molar-refractivity contribution >= 4 is 5.91 Å². The molecule has 0 aliphatic carbocycles. The van der Waals surface area contributed by atoms with Crippen molar-refractivity contribution < 1.29 is 9.53 Å². The predicted octanol–water partition coefficient (Wildman–Crippen LogP) is 0.848. The number of rotatable bonds is 5. The SMILES string of the molecule is COc1cccc(C(=O)N2CCN(CCn3nc4n(c3=O)CCCC4)CC2)c1. The first-order valence-electron chi connectivity index (χ1n) is 9.98. The predicted molar refractivity (Wildman–Crippen MR) is 105 cm³/mol. The molecule has 150 valence electrons. The van der Waals surface area contributed by atoms with Crippen LogP contribution in [0.25, 0.3) is 0 Å². The highest BCUT2D eigenvalue weighted by molar-refractivity contribution is 5.94. The standard InChI is InChI=1S/C20H27N5O3/c1-28-17-6-4-5-16(15-17)19(26)23-12-9-22(10-13-23)11-14-25-20(27)24-8-3-2-7-18(24)21-25/h4-6,15H,2-3,7-14H2,1H3. The van der Waals surface area contributed by atoms with Crippen LogP contribution in [0.2, 0.25) is 0 Å². The van der Waals surface area contributed by atoms with Crippen molar-refractivity contribution in [3.63, 3.8) is 0 Å². The maximum atomic E-state index is 12.7. The Labute approximate surface area is 164 Å².